The number of hydrogen-bond donors (Lipinski definition) is 0. The minimum absolute atomic E-state index is 0.587. The third-order valence-corrected chi connectivity index (χ3v) is 10.4. The number of hydrogen-bond acceptors (Lipinski definition) is 4. The lowest BCUT2D eigenvalue weighted by Crippen LogP contribution is -2.00. The van der Waals surface area contributed by atoms with Crippen molar-refractivity contribution in [1.29, 1.82) is 0 Å². The molecule has 252 valence electrons. The first kappa shape index (κ1) is 30.3. The molecule has 0 fully saturated rings. The van der Waals surface area contributed by atoms with Gasteiger partial charge in [-0.2, -0.15) is 0 Å². The molecule has 5 heteroatoms. The average molecular weight is 691 g/mol. The van der Waals surface area contributed by atoms with Crippen molar-refractivity contribution in [1.82, 2.24) is 19.5 Å². The quantitative estimate of drug-likeness (QED) is 0.180. The summed E-state index contributed by atoms with van der Waals surface area (Å²) < 4.78 is 9.18. The van der Waals surface area contributed by atoms with E-state index in [1.807, 2.05) is 30.3 Å². The predicted octanol–water partition coefficient (Wildman–Crippen LogP) is 12.7. The Morgan fingerprint density at radius 2 is 0.926 bits per heavy atom. The molecule has 0 atom stereocenters. The Kier molecular flexibility index (Phi) is 6.79. The molecule has 3 heterocycles. The summed E-state index contributed by atoms with van der Waals surface area (Å²) in [6, 6.07) is 63.3. The Morgan fingerprint density at radius 3 is 1.63 bits per heavy atom. The van der Waals surface area contributed by atoms with Crippen molar-refractivity contribution in [2.24, 2.45) is 0 Å². The summed E-state index contributed by atoms with van der Waals surface area (Å²) in [6.45, 7) is 0. The maximum absolute atomic E-state index is 6.83. The van der Waals surface area contributed by atoms with E-state index < -0.39 is 0 Å². The van der Waals surface area contributed by atoms with Crippen molar-refractivity contribution < 1.29 is 4.42 Å². The van der Waals surface area contributed by atoms with Crippen molar-refractivity contribution in [3.63, 3.8) is 0 Å². The molecule has 11 rings (SSSR count). The van der Waals surface area contributed by atoms with Crippen molar-refractivity contribution in [2.75, 3.05) is 0 Å². The fourth-order valence-electron chi connectivity index (χ4n) is 7.88. The van der Waals surface area contributed by atoms with Gasteiger partial charge in [-0.05, 0) is 58.3 Å². The SMILES string of the molecule is c1ccc(-c2nc(-c3ccc4ccccc4c3)nc(-c3ccc4c(c3)oc3cc(-n5c6ccccc6c6ccccc65)cc(-c5ccccc5)c34)n2)cc1. The van der Waals surface area contributed by atoms with Crippen LogP contribution < -0.4 is 0 Å². The van der Waals surface area contributed by atoms with Gasteiger partial charge in [0.1, 0.15) is 11.2 Å². The van der Waals surface area contributed by atoms with Gasteiger partial charge in [0, 0.05) is 44.3 Å². The Hall–Kier alpha value is -7.37. The van der Waals surface area contributed by atoms with E-state index in [0.717, 1.165) is 71.9 Å². The summed E-state index contributed by atoms with van der Waals surface area (Å²) in [7, 11) is 0. The Morgan fingerprint density at radius 1 is 0.370 bits per heavy atom. The molecule has 54 heavy (non-hydrogen) atoms. The number of rotatable bonds is 5. The Labute approximate surface area is 310 Å². The zero-order valence-corrected chi connectivity index (χ0v) is 29.0. The molecular weight excluding hydrogens is 661 g/mol. The van der Waals surface area contributed by atoms with Crippen LogP contribution in [0.3, 0.4) is 0 Å². The summed E-state index contributed by atoms with van der Waals surface area (Å²) in [5, 5.41) is 6.86. The standard InChI is InChI=1S/C49H30N4O/c1-3-14-32(15-4-1)41-29-37(53-42-21-11-9-19-38(42)39-20-10-12-22-43(39)53)30-45-46(41)40-26-25-36(28-44(40)54-45)49-51-47(33-16-5-2-6-17-33)50-48(52-49)35-24-23-31-13-7-8-18-34(31)27-35/h1-30H. The van der Waals surface area contributed by atoms with Gasteiger partial charge in [0.25, 0.3) is 0 Å². The van der Waals surface area contributed by atoms with Crippen LogP contribution in [0.5, 0.6) is 0 Å². The van der Waals surface area contributed by atoms with Crippen LogP contribution in [-0.4, -0.2) is 19.5 Å². The molecule has 0 saturated heterocycles. The van der Waals surface area contributed by atoms with Crippen molar-refractivity contribution in [3.05, 3.63) is 182 Å². The number of aromatic nitrogens is 4. The highest BCUT2D eigenvalue weighted by Crippen LogP contribution is 2.42. The summed E-state index contributed by atoms with van der Waals surface area (Å²) in [6.07, 6.45) is 0. The first-order valence-corrected chi connectivity index (χ1v) is 18.1. The van der Waals surface area contributed by atoms with Gasteiger partial charge in [0.05, 0.1) is 16.7 Å². The molecule has 0 radical (unpaired) electrons. The van der Waals surface area contributed by atoms with Crippen molar-refractivity contribution >= 4 is 54.5 Å². The molecule has 0 bridgehead atoms. The molecule has 0 spiro atoms. The van der Waals surface area contributed by atoms with Gasteiger partial charge < -0.3 is 8.98 Å². The van der Waals surface area contributed by atoms with E-state index in [1.54, 1.807) is 0 Å². The fraction of sp³-hybridized carbons (Fsp3) is 0. The fourth-order valence-corrected chi connectivity index (χ4v) is 7.88. The number of para-hydroxylation sites is 2. The van der Waals surface area contributed by atoms with E-state index in [1.165, 1.54) is 16.2 Å². The van der Waals surface area contributed by atoms with E-state index >= 15 is 0 Å². The van der Waals surface area contributed by atoms with Crippen LogP contribution >= 0.6 is 0 Å². The van der Waals surface area contributed by atoms with Gasteiger partial charge in [-0.1, -0.05) is 140 Å². The molecule has 0 unspecified atom stereocenters. The summed E-state index contributed by atoms with van der Waals surface area (Å²) in [5.41, 5.74) is 9.90. The minimum Gasteiger partial charge on any atom is -0.456 e. The topological polar surface area (TPSA) is 56.7 Å². The van der Waals surface area contributed by atoms with Crippen LogP contribution in [0.2, 0.25) is 0 Å². The first-order chi connectivity index (χ1) is 26.7. The molecule has 0 aliphatic heterocycles. The highest BCUT2D eigenvalue weighted by Gasteiger charge is 2.20. The summed E-state index contributed by atoms with van der Waals surface area (Å²) in [4.78, 5) is 15.1. The summed E-state index contributed by atoms with van der Waals surface area (Å²) in [5.74, 6) is 1.83. The molecule has 0 saturated carbocycles. The molecule has 8 aromatic carbocycles. The lowest BCUT2D eigenvalue weighted by molar-refractivity contribution is 0.669. The van der Waals surface area contributed by atoms with Crippen LogP contribution in [0.25, 0.3) is 105 Å². The number of benzene rings is 8. The zero-order valence-electron chi connectivity index (χ0n) is 29.0. The third kappa shape index (κ3) is 4.90. The number of fused-ring (bicyclic) bond motifs is 7. The average Bonchev–Trinajstić information content (AvgIpc) is 3.79. The van der Waals surface area contributed by atoms with E-state index in [2.05, 4.69) is 156 Å². The van der Waals surface area contributed by atoms with Gasteiger partial charge >= 0.3 is 0 Å². The lowest BCUT2D eigenvalue weighted by Gasteiger charge is -2.12. The lowest BCUT2D eigenvalue weighted by atomic mass is 9.98. The second kappa shape index (κ2) is 12.1. The van der Waals surface area contributed by atoms with Crippen molar-refractivity contribution in [2.45, 2.75) is 0 Å². The highest BCUT2D eigenvalue weighted by molar-refractivity contribution is 6.15. The van der Waals surface area contributed by atoms with Crippen LogP contribution in [0.4, 0.5) is 0 Å². The predicted molar refractivity (Wildman–Crippen MR) is 221 cm³/mol. The van der Waals surface area contributed by atoms with Gasteiger partial charge in [-0.15, -0.1) is 0 Å². The van der Waals surface area contributed by atoms with Crippen molar-refractivity contribution in [3.8, 4) is 51.0 Å². The minimum atomic E-state index is 0.587. The Balaban J connectivity index is 1.12. The van der Waals surface area contributed by atoms with E-state index in [0.29, 0.717) is 17.5 Å². The molecule has 5 nitrogen and oxygen atoms in total. The summed E-state index contributed by atoms with van der Waals surface area (Å²) >= 11 is 0. The second-order valence-corrected chi connectivity index (χ2v) is 13.6. The molecule has 0 aliphatic carbocycles. The second-order valence-electron chi connectivity index (χ2n) is 13.6. The first-order valence-electron chi connectivity index (χ1n) is 18.1. The van der Waals surface area contributed by atoms with Gasteiger partial charge in [0.15, 0.2) is 17.5 Å². The Bertz CT molecular complexity index is 3160. The molecular formula is C49H30N4O. The van der Waals surface area contributed by atoms with Crippen LogP contribution in [-0.2, 0) is 0 Å². The molecule has 3 aromatic heterocycles. The highest BCUT2D eigenvalue weighted by atomic mass is 16.3. The van der Waals surface area contributed by atoms with Gasteiger partial charge in [-0.25, -0.2) is 15.0 Å². The smallest absolute Gasteiger partial charge is 0.164 e. The van der Waals surface area contributed by atoms with Gasteiger partial charge in [0.2, 0.25) is 0 Å². The van der Waals surface area contributed by atoms with Crippen LogP contribution in [0.15, 0.2) is 186 Å². The third-order valence-electron chi connectivity index (χ3n) is 10.4. The monoisotopic (exact) mass is 690 g/mol. The maximum atomic E-state index is 6.83. The van der Waals surface area contributed by atoms with E-state index in [4.69, 9.17) is 19.4 Å². The number of nitrogens with zero attached hydrogens (tertiary/aromatic N) is 4. The molecule has 0 N–H and O–H groups in total. The molecule has 0 amide bonds. The van der Waals surface area contributed by atoms with Gasteiger partial charge in [-0.3, -0.25) is 0 Å². The zero-order chi connectivity index (χ0) is 35.6. The van der Waals surface area contributed by atoms with E-state index in [9.17, 15) is 0 Å². The normalized spacial score (nSPS) is 11.7. The largest absolute Gasteiger partial charge is 0.456 e. The number of furan rings is 1. The molecule has 0 aliphatic rings. The van der Waals surface area contributed by atoms with E-state index in [-0.39, 0.29) is 0 Å². The van der Waals surface area contributed by atoms with Crippen LogP contribution in [0.1, 0.15) is 0 Å². The maximum Gasteiger partial charge on any atom is 0.164 e. The van der Waals surface area contributed by atoms with Crippen LogP contribution in [0, 0.1) is 0 Å². The molecule has 11 aromatic rings.